The zero-order valence-corrected chi connectivity index (χ0v) is 19.4. The van der Waals surface area contributed by atoms with Crippen LogP contribution >= 0.6 is 11.3 Å². The van der Waals surface area contributed by atoms with Crippen molar-refractivity contribution in [2.45, 2.75) is 25.8 Å². The summed E-state index contributed by atoms with van der Waals surface area (Å²) in [7, 11) is 1.67. The molecule has 0 fully saturated rings. The lowest BCUT2D eigenvalue weighted by Gasteiger charge is -2.28. The molecule has 0 aliphatic carbocycles. The van der Waals surface area contributed by atoms with E-state index in [-0.39, 0.29) is 10.7 Å². The maximum absolute atomic E-state index is 13.8. The summed E-state index contributed by atoms with van der Waals surface area (Å²) in [6, 6.07) is 14.2. The largest absolute Gasteiger partial charge is 0.477 e. The Morgan fingerprint density at radius 3 is 2.64 bits per heavy atom. The van der Waals surface area contributed by atoms with Crippen LogP contribution in [0.1, 0.15) is 40.3 Å². The molecule has 0 atom stereocenters. The van der Waals surface area contributed by atoms with Crippen LogP contribution in [0.3, 0.4) is 0 Å². The summed E-state index contributed by atoms with van der Waals surface area (Å²) >= 11 is 1.26. The van der Waals surface area contributed by atoms with Crippen molar-refractivity contribution >= 4 is 34.4 Å². The summed E-state index contributed by atoms with van der Waals surface area (Å²) in [4.78, 5) is 17.2. The van der Waals surface area contributed by atoms with E-state index in [0.717, 1.165) is 43.9 Å². The van der Waals surface area contributed by atoms with Gasteiger partial charge in [0.05, 0.1) is 18.7 Å². The number of aromatic carboxylic acids is 1. The van der Waals surface area contributed by atoms with Gasteiger partial charge in [-0.15, -0.1) is 11.3 Å². The number of aliphatic imine (C=N–C) groups is 1. The maximum atomic E-state index is 13.8. The molecule has 0 radical (unpaired) electrons. The Balaban J connectivity index is 1.93. The number of carboxylic acid groups (broad SMARTS) is 1. The third-order valence-corrected chi connectivity index (χ3v) is 7.11. The summed E-state index contributed by atoms with van der Waals surface area (Å²) < 4.78 is 21.5. The first-order valence-corrected chi connectivity index (χ1v) is 11.4. The average Bonchev–Trinajstić information content (AvgIpc) is 3.49. The minimum atomic E-state index is -0.944. The number of carboxylic acids is 1. The van der Waals surface area contributed by atoms with Crippen LogP contribution in [0, 0.1) is 5.82 Å². The Morgan fingerprint density at radius 2 is 1.97 bits per heavy atom. The minimum Gasteiger partial charge on any atom is -0.477 e. The molecule has 0 amide bonds. The molecule has 168 valence electrons. The quantitative estimate of drug-likeness (QED) is 0.379. The minimum absolute atomic E-state index is 0.285. The van der Waals surface area contributed by atoms with Gasteiger partial charge in [-0.3, -0.25) is 4.99 Å². The number of nitrogens with zero attached hydrogens (tertiary/aromatic N) is 2. The Morgan fingerprint density at radius 1 is 1.21 bits per heavy atom. The molecule has 2 aromatic carbocycles. The second-order valence-corrected chi connectivity index (χ2v) is 9.94. The highest BCUT2D eigenvalue weighted by Gasteiger charge is 2.33. The lowest BCUT2D eigenvalue weighted by Crippen LogP contribution is -2.27. The number of halogens is 1. The summed E-state index contributed by atoms with van der Waals surface area (Å²) in [5.41, 5.74) is 5.52. The fourth-order valence-electron chi connectivity index (χ4n) is 4.66. The molecular weight excluding hydrogens is 439 g/mol. The number of methoxy groups -OCH3 is 1. The van der Waals surface area contributed by atoms with Crippen LogP contribution in [-0.2, 0) is 16.7 Å². The molecule has 0 bridgehead atoms. The van der Waals surface area contributed by atoms with E-state index in [2.05, 4.69) is 35.5 Å². The van der Waals surface area contributed by atoms with Gasteiger partial charge in [0.15, 0.2) is 0 Å². The highest BCUT2D eigenvalue weighted by molar-refractivity contribution is 7.17. The Bertz CT molecular complexity index is 1410. The number of fused-ring (bicyclic) bond motifs is 2. The first-order valence-electron chi connectivity index (χ1n) is 10.6. The monoisotopic (exact) mass is 462 g/mol. The molecule has 0 saturated carbocycles. The van der Waals surface area contributed by atoms with Crippen LogP contribution in [0.4, 0.5) is 4.39 Å². The number of rotatable bonds is 6. The molecule has 2 aromatic heterocycles. The molecule has 1 aliphatic heterocycles. The van der Waals surface area contributed by atoms with Crippen molar-refractivity contribution in [3.05, 3.63) is 76.0 Å². The van der Waals surface area contributed by atoms with Crippen LogP contribution < -0.4 is 0 Å². The zero-order chi connectivity index (χ0) is 23.3. The van der Waals surface area contributed by atoms with Gasteiger partial charge in [0.2, 0.25) is 0 Å². The van der Waals surface area contributed by atoms with Crippen LogP contribution in [0.2, 0.25) is 0 Å². The summed E-state index contributed by atoms with van der Waals surface area (Å²) in [5, 5.41) is 10.6. The molecule has 5 nitrogen and oxygen atoms in total. The van der Waals surface area contributed by atoms with E-state index in [1.165, 1.54) is 23.5 Å². The van der Waals surface area contributed by atoms with Crippen molar-refractivity contribution in [2.75, 3.05) is 13.7 Å². The number of aromatic nitrogens is 1. The van der Waals surface area contributed by atoms with Gasteiger partial charge in [-0.25, -0.2) is 9.18 Å². The number of hydrogen-bond donors (Lipinski definition) is 1. The van der Waals surface area contributed by atoms with Gasteiger partial charge >= 0.3 is 5.97 Å². The predicted octanol–water partition coefficient (Wildman–Crippen LogP) is 6.05. The second-order valence-electron chi connectivity index (χ2n) is 8.86. The molecule has 4 aromatic rings. The van der Waals surface area contributed by atoms with Gasteiger partial charge in [0, 0.05) is 45.9 Å². The van der Waals surface area contributed by atoms with Gasteiger partial charge < -0.3 is 14.4 Å². The summed E-state index contributed by atoms with van der Waals surface area (Å²) in [6.45, 7) is 5.29. The summed E-state index contributed by atoms with van der Waals surface area (Å²) in [6.07, 6.45) is 1.88. The fraction of sp³-hybridized carbons (Fsp3) is 0.231. The van der Waals surface area contributed by atoms with E-state index in [4.69, 9.17) is 4.74 Å². The Labute approximate surface area is 194 Å². The first kappa shape index (κ1) is 21.6. The van der Waals surface area contributed by atoms with Gasteiger partial charge in [-0.2, -0.15) is 0 Å². The molecule has 0 saturated heterocycles. The Kier molecular flexibility index (Phi) is 5.18. The van der Waals surface area contributed by atoms with Gasteiger partial charge in [-0.1, -0.05) is 13.8 Å². The van der Waals surface area contributed by atoms with Crippen molar-refractivity contribution in [2.24, 2.45) is 4.99 Å². The third-order valence-electron chi connectivity index (χ3n) is 6.01. The van der Waals surface area contributed by atoms with E-state index in [0.29, 0.717) is 13.2 Å². The van der Waals surface area contributed by atoms with E-state index >= 15 is 0 Å². The number of carbonyl (C=O) groups is 1. The zero-order valence-electron chi connectivity index (χ0n) is 18.6. The van der Waals surface area contributed by atoms with Crippen LogP contribution in [0.25, 0.3) is 27.0 Å². The van der Waals surface area contributed by atoms with Crippen LogP contribution in [0.5, 0.6) is 0 Å². The van der Waals surface area contributed by atoms with Crippen molar-refractivity contribution in [3.63, 3.8) is 0 Å². The maximum Gasteiger partial charge on any atom is 0.345 e. The molecule has 7 heteroatoms. The van der Waals surface area contributed by atoms with Crippen LogP contribution in [0.15, 0.2) is 53.5 Å². The fourth-order valence-corrected chi connectivity index (χ4v) is 5.56. The van der Waals surface area contributed by atoms with E-state index in [1.54, 1.807) is 25.3 Å². The highest BCUT2D eigenvalue weighted by Crippen LogP contribution is 2.46. The molecule has 0 spiro atoms. The molecular formula is C26H23FN2O3S. The molecule has 3 heterocycles. The highest BCUT2D eigenvalue weighted by atomic mass is 32.1. The van der Waals surface area contributed by atoms with Gasteiger partial charge in [0.1, 0.15) is 10.7 Å². The topological polar surface area (TPSA) is 63.8 Å². The van der Waals surface area contributed by atoms with Gasteiger partial charge in [-0.05, 0) is 59.7 Å². The standard InChI is InChI=1S/C26H23FN2O3S/c1-26(2,14-32-3)24-23(21-8-9-22(33-21)25(30)31)19-10-15-12-28-13-16(15)11-20(19)29(24)18-6-4-17(27)5-7-18/h4-11,13H,12,14H2,1-3H3,(H,30,31). The molecule has 33 heavy (non-hydrogen) atoms. The van der Waals surface area contributed by atoms with Crippen molar-refractivity contribution in [1.29, 1.82) is 0 Å². The molecule has 1 aliphatic rings. The normalized spacial score (nSPS) is 13.1. The van der Waals surface area contributed by atoms with Crippen molar-refractivity contribution < 1.29 is 19.0 Å². The van der Waals surface area contributed by atoms with Crippen molar-refractivity contribution in [1.82, 2.24) is 4.57 Å². The van der Waals surface area contributed by atoms with E-state index in [9.17, 15) is 14.3 Å². The van der Waals surface area contributed by atoms with Gasteiger partial charge in [0.25, 0.3) is 0 Å². The lowest BCUT2D eigenvalue weighted by molar-refractivity contribution is 0.0702. The number of thiophene rings is 1. The predicted molar refractivity (Wildman–Crippen MR) is 130 cm³/mol. The lowest BCUT2D eigenvalue weighted by atomic mass is 9.86. The first-order chi connectivity index (χ1) is 15.8. The average molecular weight is 463 g/mol. The van der Waals surface area contributed by atoms with E-state index in [1.807, 2.05) is 12.3 Å². The summed E-state index contributed by atoms with van der Waals surface area (Å²) in [5.74, 6) is -1.24. The van der Waals surface area contributed by atoms with E-state index < -0.39 is 11.4 Å². The Hall–Kier alpha value is -3.29. The van der Waals surface area contributed by atoms with Crippen molar-refractivity contribution in [3.8, 4) is 16.1 Å². The molecule has 0 unspecified atom stereocenters. The number of ether oxygens (including phenoxy) is 1. The SMILES string of the molecule is COCC(C)(C)c1c(-c2ccc(C(=O)O)s2)c2cc3c(cc2n1-c1ccc(F)cc1)C=NC3. The smallest absolute Gasteiger partial charge is 0.345 e. The number of benzene rings is 2. The van der Waals surface area contributed by atoms with Crippen LogP contribution in [-0.4, -0.2) is 35.6 Å². The third kappa shape index (κ3) is 3.57. The second kappa shape index (κ2) is 7.93. The molecule has 1 N–H and O–H groups in total. The molecule has 5 rings (SSSR count). The number of hydrogen-bond acceptors (Lipinski definition) is 4.